The molecule has 10 heteroatoms. The Labute approximate surface area is 210 Å². The fourth-order valence-corrected chi connectivity index (χ4v) is 4.61. The van der Waals surface area contributed by atoms with Crippen molar-refractivity contribution < 1.29 is 22.7 Å². The van der Waals surface area contributed by atoms with Gasteiger partial charge in [0.05, 0.1) is 18.6 Å². The topological polar surface area (TPSA) is 96.0 Å². The van der Waals surface area contributed by atoms with Crippen LogP contribution in [0.25, 0.3) is 0 Å². The molecule has 2 aromatic rings. The molecule has 8 nitrogen and oxygen atoms in total. The summed E-state index contributed by atoms with van der Waals surface area (Å²) in [7, 11) is -3.78. The highest BCUT2D eigenvalue weighted by Gasteiger charge is 2.30. The van der Waals surface area contributed by atoms with Crippen molar-refractivity contribution in [1.82, 2.24) is 10.2 Å². The van der Waals surface area contributed by atoms with E-state index in [0.717, 1.165) is 20.6 Å². The van der Waals surface area contributed by atoms with Crippen molar-refractivity contribution in [2.24, 2.45) is 0 Å². The third kappa shape index (κ3) is 8.02. The number of anilines is 1. The van der Waals surface area contributed by atoms with E-state index in [9.17, 15) is 18.0 Å². The van der Waals surface area contributed by atoms with Crippen LogP contribution in [0.4, 0.5) is 5.69 Å². The van der Waals surface area contributed by atoms with E-state index in [1.54, 1.807) is 31.2 Å². The highest BCUT2D eigenvalue weighted by molar-refractivity contribution is 9.10. The molecule has 0 spiro atoms. The summed E-state index contributed by atoms with van der Waals surface area (Å²) < 4.78 is 32.5. The molecule has 0 fully saturated rings. The smallest absolute Gasteiger partial charge is 0.244 e. The minimum absolute atomic E-state index is 0.103. The fourth-order valence-electron chi connectivity index (χ4n) is 3.31. The second-order valence-electron chi connectivity index (χ2n) is 8.19. The quantitative estimate of drug-likeness (QED) is 0.459. The molecule has 2 amide bonds. The number of benzene rings is 2. The molecule has 1 N–H and O–H groups in total. The third-order valence-corrected chi connectivity index (χ3v) is 6.59. The molecule has 0 unspecified atom stereocenters. The van der Waals surface area contributed by atoms with Gasteiger partial charge in [-0.05, 0) is 69.7 Å². The summed E-state index contributed by atoms with van der Waals surface area (Å²) in [6.45, 7) is 7.34. The molecule has 0 aliphatic rings. The maximum atomic E-state index is 13.5. The number of hydrogen-bond donors (Lipinski definition) is 1. The van der Waals surface area contributed by atoms with Crippen molar-refractivity contribution in [2.45, 2.75) is 46.3 Å². The predicted molar refractivity (Wildman–Crippen MR) is 137 cm³/mol. The van der Waals surface area contributed by atoms with E-state index in [0.29, 0.717) is 18.0 Å². The average molecular weight is 555 g/mol. The molecule has 2 rings (SSSR count). The number of rotatable bonds is 11. The summed E-state index contributed by atoms with van der Waals surface area (Å²) in [5.41, 5.74) is 1.14. The molecule has 0 aromatic heterocycles. The molecule has 0 aliphatic heterocycles. The number of nitrogens with zero attached hydrogens (tertiary/aromatic N) is 2. The zero-order valence-corrected chi connectivity index (χ0v) is 22.5. The molecular weight excluding hydrogens is 522 g/mol. The molecule has 0 radical (unpaired) electrons. The largest absolute Gasteiger partial charge is 0.494 e. The normalized spacial score (nSPS) is 12.2. The summed E-state index contributed by atoms with van der Waals surface area (Å²) >= 11 is 3.42. The Bertz CT molecular complexity index is 1090. The van der Waals surface area contributed by atoms with E-state index in [-0.39, 0.29) is 18.5 Å². The van der Waals surface area contributed by atoms with Crippen molar-refractivity contribution in [3.05, 3.63) is 58.6 Å². The van der Waals surface area contributed by atoms with E-state index in [4.69, 9.17) is 4.74 Å². The summed E-state index contributed by atoms with van der Waals surface area (Å²) in [6, 6.07) is 13.0. The number of carbonyl (C=O) groups excluding carboxylic acids is 2. The molecule has 34 heavy (non-hydrogen) atoms. The van der Waals surface area contributed by atoms with Crippen molar-refractivity contribution in [3.63, 3.8) is 0 Å². The van der Waals surface area contributed by atoms with E-state index < -0.39 is 28.5 Å². The second kappa shape index (κ2) is 12.2. The first-order valence-corrected chi connectivity index (χ1v) is 13.6. The molecule has 0 heterocycles. The van der Waals surface area contributed by atoms with Crippen LogP contribution in [0.3, 0.4) is 0 Å². The van der Waals surface area contributed by atoms with Crippen LogP contribution in [-0.2, 0) is 26.2 Å². The van der Waals surface area contributed by atoms with Crippen LogP contribution in [0.1, 0.15) is 33.3 Å². The summed E-state index contributed by atoms with van der Waals surface area (Å²) in [5, 5.41) is 2.82. The van der Waals surface area contributed by atoms with E-state index in [2.05, 4.69) is 21.2 Å². The molecule has 0 bridgehead atoms. The summed E-state index contributed by atoms with van der Waals surface area (Å²) in [4.78, 5) is 27.6. The van der Waals surface area contributed by atoms with Crippen LogP contribution < -0.4 is 14.4 Å². The lowest BCUT2D eigenvalue weighted by Gasteiger charge is -2.32. The van der Waals surface area contributed by atoms with Gasteiger partial charge in [0, 0.05) is 17.1 Å². The SMILES string of the molecule is CCOc1ccc(N(CC(=O)N(Cc2cccc(Br)c2)[C@H](C)C(=O)NC(C)C)S(C)(=O)=O)cc1. The number of sulfonamides is 1. The fraction of sp³-hybridized carbons (Fsp3) is 0.417. The second-order valence-corrected chi connectivity index (χ2v) is 11.0. The lowest BCUT2D eigenvalue weighted by Crippen LogP contribution is -2.52. The zero-order valence-electron chi connectivity index (χ0n) is 20.1. The van der Waals surface area contributed by atoms with Gasteiger partial charge in [-0.25, -0.2) is 8.42 Å². The average Bonchev–Trinajstić information content (AvgIpc) is 2.75. The monoisotopic (exact) mass is 553 g/mol. The number of ether oxygens (including phenoxy) is 1. The van der Waals surface area contributed by atoms with Gasteiger partial charge in [0.15, 0.2) is 0 Å². The standard InChI is InChI=1S/C24H32BrN3O5S/c1-6-33-22-12-10-21(11-13-22)28(34(5,31)32)16-23(29)27(18(4)24(30)26-17(2)3)15-19-8-7-9-20(25)14-19/h7-14,17-18H,6,15-16H2,1-5H3,(H,26,30)/t18-/m1/s1. The van der Waals surface area contributed by atoms with E-state index in [1.807, 2.05) is 45.0 Å². The Balaban J connectivity index is 2.37. The predicted octanol–water partition coefficient (Wildman–Crippen LogP) is 3.56. The molecule has 0 aliphatic carbocycles. The van der Waals surface area contributed by atoms with E-state index >= 15 is 0 Å². The highest BCUT2D eigenvalue weighted by atomic mass is 79.9. The number of amides is 2. The van der Waals surface area contributed by atoms with Gasteiger partial charge in [0.1, 0.15) is 18.3 Å². The highest BCUT2D eigenvalue weighted by Crippen LogP contribution is 2.23. The summed E-state index contributed by atoms with van der Waals surface area (Å²) in [5.74, 6) is -0.211. The van der Waals surface area contributed by atoms with Gasteiger partial charge in [0.2, 0.25) is 21.8 Å². The number of hydrogen-bond acceptors (Lipinski definition) is 5. The van der Waals surface area contributed by atoms with Gasteiger partial charge in [-0.1, -0.05) is 28.1 Å². The van der Waals surface area contributed by atoms with E-state index in [1.165, 1.54) is 4.90 Å². The van der Waals surface area contributed by atoms with Crippen LogP contribution in [0.2, 0.25) is 0 Å². The lowest BCUT2D eigenvalue weighted by molar-refractivity contribution is -0.139. The van der Waals surface area contributed by atoms with Gasteiger partial charge in [-0.3, -0.25) is 13.9 Å². The Kier molecular flexibility index (Phi) is 9.93. The lowest BCUT2D eigenvalue weighted by atomic mass is 10.1. The third-order valence-electron chi connectivity index (χ3n) is 4.96. The van der Waals surface area contributed by atoms with Gasteiger partial charge in [0.25, 0.3) is 0 Å². The van der Waals surface area contributed by atoms with Crippen LogP contribution >= 0.6 is 15.9 Å². The zero-order chi connectivity index (χ0) is 25.5. The maximum Gasteiger partial charge on any atom is 0.244 e. The number of halogens is 1. The van der Waals surface area contributed by atoms with Crippen LogP contribution in [0, 0.1) is 0 Å². The number of nitrogens with one attached hydrogen (secondary N) is 1. The molecular formula is C24H32BrN3O5S. The van der Waals surface area contributed by atoms with Crippen molar-refractivity contribution in [3.8, 4) is 5.75 Å². The molecule has 2 aromatic carbocycles. The van der Waals surface area contributed by atoms with Crippen LogP contribution in [0.15, 0.2) is 53.0 Å². The Morgan fingerprint density at radius 3 is 2.26 bits per heavy atom. The van der Waals surface area contributed by atoms with Crippen molar-refractivity contribution >= 4 is 43.5 Å². The molecule has 0 saturated carbocycles. The maximum absolute atomic E-state index is 13.5. The summed E-state index contributed by atoms with van der Waals surface area (Å²) in [6.07, 6.45) is 1.05. The van der Waals surface area contributed by atoms with Gasteiger partial charge >= 0.3 is 0 Å². The Morgan fingerprint density at radius 1 is 1.09 bits per heavy atom. The van der Waals surface area contributed by atoms with Crippen molar-refractivity contribution in [2.75, 3.05) is 23.7 Å². The van der Waals surface area contributed by atoms with Gasteiger partial charge in [-0.15, -0.1) is 0 Å². The first kappa shape index (κ1) is 27.7. The first-order chi connectivity index (χ1) is 15.9. The molecule has 1 atom stereocenters. The van der Waals surface area contributed by atoms with Crippen LogP contribution in [-0.4, -0.2) is 56.6 Å². The van der Waals surface area contributed by atoms with Crippen LogP contribution in [0.5, 0.6) is 5.75 Å². The van der Waals surface area contributed by atoms with Gasteiger partial charge in [-0.2, -0.15) is 0 Å². The first-order valence-electron chi connectivity index (χ1n) is 11.0. The van der Waals surface area contributed by atoms with Crippen molar-refractivity contribution in [1.29, 1.82) is 0 Å². The Hall–Kier alpha value is -2.59. The van der Waals surface area contributed by atoms with Gasteiger partial charge < -0.3 is 15.0 Å². The molecule has 0 saturated heterocycles. The molecule has 186 valence electrons. The Morgan fingerprint density at radius 2 is 1.74 bits per heavy atom. The minimum atomic E-state index is -3.78. The minimum Gasteiger partial charge on any atom is -0.494 e. The number of carbonyl (C=O) groups is 2.